The van der Waals surface area contributed by atoms with Crippen molar-refractivity contribution in [2.45, 2.75) is 405 Å². The number of nitrogens with one attached hydrogen (secondary N) is 1. The van der Waals surface area contributed by atoms with Gasteiger partial charge in [0.15, 0.2) is 0 Å². The van der Waals surface area contributed by atoms with Crippen LogP contribution in [0.15, 0.2) is 36.5 Å². The van der Waals surface area contributed by atoms with E-state index in [0.717, 1.165) is 70.6 Å². The predicted octanol–water partition coefficient (Wildman–Crippen LogP) is 23.1. The largest absolute Gasteiger partial charge is 0.466 e. The van der Waals surface area contributed by atoms with Crippen LogP contribution in [-0.2, 0) is 14.3 Å². The summed E-state index contributed by atoms with van der Waals surface area (Å²) in [5.41, 5.74) is 0. The number of rotatable bonds is 67. The minimum absolute atomic E-state index is 0.0128. The number of carbonyl (C=O) groups excluding carboxylic acids is 2. The fraction of sp³-hybridized carbons (Fsp3) is 0.890. The highest BCUT2D eigenvalue weighted by Crippen LogP contribution is 2.19. The van der Waals surface area contributed by atoms with Crippen LogP contribution < -0.4 is 5.32 Å². The number of amides is 1. The molecule has 0 saturated carbocycles. The van der Waals surface area contributed by atoms with E-state index < -0.39 is 12.1 Å². The summed E-state index contributed by atoms with van der Waals surface area (Å²) in [6.07, 6.45) is 87.6. The molecule has 0 fully saturated rings. The van der Waals surface area contributed by atoms with Gasteiger partial charge >= 0.3 is 5.97 Å². The average molecular weight is 1110 g/mol. The van der Waals surface area contributed by atoms with Gasteiger partial charge in [-0.1, -0.05) is 333 Å². The molecule has 6 heteroatoms. The number of esters is 1. The van der Waals surface area contributed by atoms with Crippen LogP contribution in [0.1, 0.15) is 393 Å². The highest BCUT2D eigenvalue weighted by molar-refractivity contribution is 5.76. The molecule has 466 valence electrons. The monoisotopic (exact) mass is 1110 g/mol. The lowest BCUT2D eigenvalue weighted by atomic mass is 10.0. The van der Waals surface area contributed by atoms with Crippen molar-refractivity contribution in [1.29, 1.82) is 0 Å². The molecule has 79 heavy (non-hydrogen) atoms. The summed E-state index contributed by atoms with van der Waals surface area (Å²) in [6, 6.07) is -0.551. The predicted molar refractivity (Wildman–Crippen MR) is 347 cm³/mol. The highest BCUT2D eigenvalue weighted by Gasteiger charge is 2.20. The molecule has 1 amide bonds. The van der Waals surface area contributed by atoms with Crippen LogP contribution in [0.2, 0.25) is 0 Å². The van der Waals surface area contributed by atoms with Gasteiger partial charge in [0.25, 0.3) is 0 Å². The lowest BCUT2D eigenvalue weighted by Crippen LogP contribution is -2.45. The minimum atomic E-state index is -0.673. The molecule has 0 spiro atoms. The zero-order valence-electron chi connectivity index (χ0n) is 53.4. The maximum Gasteiger partial charge on any atom is 0.305 e. The smallest absolute Gasteiger partial charge is 0.305 e. The first-order valence-corrected chi connectivity index (χ1v) is 35.8. The number of allylic oxidation sites excluding steroid dienone is 6. The molecule has 2 atom stereocenters. The Kier molecular flexibility index (Phi) is 66.9. The zero-order chi connectivity index (χ0) is 57.1. The van der Waals surface area contributed by atoms with Crippen molar-refractivity contribution >= 4 is 11.9 Å². The third-order valence-corrected chi connectivity index (χ3v) is 16.7. The third kappa shape index (κ3) is 65.1. The van der Waals surface area contributed by atoms with E-state index in [1.165, 1.54) is 289 Å². The van der Waals surface area contributed by atoms with Crippen LogP contribution in [0.3, 0.4) is 0 Å². The van der Waals surface area contributed by atoms with E-state index in [1.54, 1.807) is 0 Å². The number of hydrogen-bond donors (Lipinski definition) is 3. The van der Waals surface area contributed by atoms with Crippen molar-refractivity contribution in [1.82, 2.24) is 5.32 Å². The van der Waals surface area contributed by atoms with E-state index in [4.69, 9.17) is 4.74 Å². The van der Waals surface area contributed by atoms with Gasteiger partial charge in [0.2, 0.25) is 5.91 Å². The number of aliphatic hydroxyl groups excluding tert-OH is 2. The van der Waals surface area contributed by atoms with Crippen LogP contribution in [-0.4, -0.2) is 47.4 Å². The Morgan fingerprint density at radius 3 is 0.975 bits per heavy atom. The molecule has 0 aromatic heterocycles. The average Bonchev–Trinajstić information content (AvgIpc) is 3.45. The van der Waals surface area contributed by atoms with E-state index in [-0.39, 0.29) is 18.5 Å². The summed E-state index contributed by atoms with van der Waals surface area (Å²) < 4.78 is 5.48. The van der Waals surface area contributed by atoms with Gasteiger partial charge in [0, 0.05) is 12.8 Å². The first-order valence-electron chi connectivity index (χ1n) is 35.8. The van der Waals surface area contributed by atoms with Crippen molar-refractivity contribution in [2.75, 3.05) is 13.2 Å². The van der Waals surface area contributed by atoms with E-state index in [0.29, 0.717) is 25.9 Å². The molecule has 0 aliphatic carbocycles. The fourth-order valence-electron chi connectivity index (χ4n) is 11.2. The Bertz CT molecular complexity index is 1280. The second-order valence-corrected chi connectivity index (χ2v) is 24.6. The Labute approximate surface area is 494 Å². The second kappa shape index (κ2) is 68.6. The zero-order valence-corrected chi connectivity index (χ0v) is 53.4. The van der Waals surface area contributed by atoms with Crippen molar-refractivity contribution in [3.05, 3.63) is 36.5 Å². The molecule has 6 nitrogen and oxygen atoms in total. The molecular formula is C73H139NO5. The maximum absolute atomic E-state index is 12.6. The summed E-state index contributed by atoms with van der Waals surface area (Å²) in [5, 5.41) is 23.4. The Hall–Kier alpha value is -1.92. The maximum atomic E-state index is 12.6. The Morgan fingerprint density at radius 1 is 0.354 bits per heavy atom. The lowest BCUT2D eigenvalue weighted by Gasteiger charge is -2.22. The number of ether oxygens (including phenoxy) is 1. The van der Waals surface area contributed by atoms with Crippen molar-refractivity contribution in [2.24, 2.45) is 0 Å². The molecule has 0 rings (SSSR count). The van der Waals surface area contributed by atoms with Gasteiger partial charge in [-0.25, -0.2) is 0 Å². The molecule has 0 aromatic rings. The first-order chi connectivity index (χ1) is 39.0. The van der Waals surface area contributed by atoms with Gasteiger partial charge in [-0.2, -0.15) is 0 Å². The van der Waals surface area contributed by atoms with Gasteiger partial charge in [-0.3, -0.25) is 9.59 Å². The molecule has 0 bridgehead atoms. The molecule has 2 unspecified atom stereocenters. The molecule has 0 aliphatic heterocycles. The molecule has 0 saturated heterocycles. The summed E-state index contributed by atoms with van der Waals surface area (Å²) in [4.78, 5) is 24.7. The molecule has 0 aromatic carbocycles. The van der Waals surface area contributed by atoms with Crippen molar-refractivity contribution < 1.29 is 24.5 Å². The Balaban J connectivity index is 3.45. The highest BCUT2D eigenvalue weighted by atomic mass is 16.5. The second-order valence-electron chi connectivity index (χ2n) is 24.6. The SMILES string of the molecule is CCCCCCCC/C=C\CCCCCCCCCCCC(=O)OCCCCC/C=C\C=C/CCCCCCCCCCCCC(=O)NC(CO)C(O)CCCCCCCCCCCCCCCCCCCCCCCCCC. The standard InChI is InChI=1S/C73H139NO5/c1-3-5-7-9-11-13-15-17-19-21-23-24-25-26-27-30-33-37-41-45-49-53-57-61-65-71(76)70(69-75)74-72(77)66-62-58-54-50-46-42-38-34-31-28-32-36-40-44-48-52-56-60-64-68-79-73(78)67-63-59-55-51-47-43-39-35-29-22-20-18-16-14-12-10-8-6-4-2/h18,20,36,40,44,48,70-71,75-76H,3-17,19,21-35,37-39,41-43,45-47,49-69H2,1-2H3,(H,74,77)/b20-18-,40-36-,48-44-. The van der Waals surface area contributed by atoms with Crippen LogP contribution in [0.5, 0.6) is 0 Å². The van der Waals surface area contributed by atoms with Crippen LogP contribution in [0, 0.1) is 0 Å². The normalized spacial score (nSPS) is 12.7. The Morgan fingerprint density at radius 2 is 0.633 bits per heavy atom. The summed E-state index contributed by atoms with van der Waals surface area (Å²) in [6.45, 7) is 4.94. The number of carbonyl (C=O) groups is 2. The van der Waals surface area contributed by atoms with Gasteiger partial charge < -0.3 is 20.3 Å². The first kappa shape index (κ1) is 77.1. The van der Waals surface area contributed by atoms with Crippen molar-refractivity contribution in [3.63, 3.8) is 0 Å². The molecular weight excluding hydrogens is 971 g/mol. The number of unbranched alkanes of at least 4 members (excludes halogenated alkanes) is 51. The number of hydrogen-bond acceptors (Lipinski definition) is 5. The lowest BCUT2D eigenvalue weighted by molar-refractivity contribution is -0.143. The summed E-state index contributed by atoms with van der Waals surface area (Å²) in [5.74, 6) is -0.0536. The van der Waals surface area contributed by atoms with E-state index in [9.17, 15) is 19.8 Å². The molecule has 0 aliphatic rings. The third-order valence-electron chi connectivity index (χ3n) is 16.7. The van der Waals surface area contributed by atoms with E-state index in [1.807, 2.05) is 0 Å². The summed E-state index contributed by atoms with van der Waals surface area (Å²) in [7, 11) is 0. The van der Waals surface area contributed by atoms with Crippen LogP contribution >= 0.6 is 0 Å². The molecule has 0 heterocycles. The number of aliphatic hydroxyl groups is 2. The van der Waals surface area contributed by atoms with Gasteiger partial charge in [0.05, 0.1) is 25.4 Å². The van der Waals surface area contributed by atoms with Gasteiger partial charge in [-0.15, -0.1) is 0 Å². The van der Waals surface area contributed by atoms with Gasteiger partial charge in [0.1, 0.15) is 0 Å². The van der Waals surface area contributed by atoms with Crippen LogP contribution in [0.4, 0.5) is 0 Å². The molecule has 3 N–H and O–H groups in total. The van der Waals surface area contributed by atoms with E-state index >= 15 is 0 Å². The van der Waals surface area contributed by atoms with Crippen LogP contribution in [0.25, 0.3) is 0 Å². The van der Waals surface area contributed by atoms with Gasteiger partial charge in [-0.05, 0) is 83.5 Å². The minimum Gasteiger partial charge on any atom is -0.466 e. The van der Waals surface area contributed by atoms with E-state index in [2.05, 4.69) is 55.6 Å². The fourth-order valence-corrected chi connectivity index (χ4v) is 11.2. The van der Waals surface area contributed by atoms with Crippen molar-refractivity contribution in [3.8, 4) is 0 Å². The summed E-state index contributed by atoms with van der Waals surface area (Å²) >= 11 is 0. The topological polar surface area (TPSA) is 95.9 Å². The quantitative estimate of drug-likeness (QED) is 0.0244. The molecule has 0 radical (unpaired) electrons.